The second-order valence-electron chi connectivity index (χ2n) is 8.01. The fourth-order valence-corrected chi connectivity index (χ4v) is 4.30. The molecular weight excluding hydrogens is 484 g/mol. The lowest BCUT2D eigenvalue weighted by Crippen LogP contribution is -2.24. The van der Waals surface area contributed by atoms with Crippen molar-refractivity contribution in [2.24, 2.45) is 0 Å². The summed E-state index contributed by atoms with van der Waals surface area (Å²) in [7, 11) is 0. The molecule has 4 rings (SSSR count). The molecule has 0 unspecified atom stereocenters. The topological polar surface area (TPSA) is 112 Å². The lowest BCUT2D eigenvalue weighted by Gasteiger charge is -2.10. The van der Waals surface area contributed by atoms with Gasteiger partial charge in [-0.1, -0.05) is 61.7 Å². The minimum atomic E-state index is -0.273. The molecule has 4 N–H and O–H groups in total. The lowest BCUT2D eigenvalue weighted by atomic mass is 10.1. The van der Waals surface area contributed by atoms with Crippen LogP contribution in [0, 0.1) is 0 Å². The molecule has 2 amide bonds. The Kier molecular flexibility index (Phi) is 8.72. The van der Waals surface area contributed by atoms with Crippen molar-refractivity contribution in [2.75, 3.05) is 22.9 Å². The predicted octanol–water partition coefficient (Wildman–Crippen LogP) is 5.63. The van der Waals surface area contributed by atoms with E-state index in [1.54, 1.807) is 24.0 Å². The number of aromatic nitrogens is 3. The molecule has 0 atom stereocenters. The summed E-state index contributed by atoms with van der Waals surface area (Å²) in [4.78, 5) is 35.9. The van der Waals surface area contributed by atoms with Gasteiger partial charge in [0.1, 0.15) is 5.82 Å². The Hall–Kier alpha value is -4.37. The third kappa shape index (κ3) is 7.08. The van der Waals surface area contributed by atoms with Crippen LogP contribution in [-0.2, 0) is 9.59 Å². The van der Waals surface area contributed by atoms with Crippen LogP contribution in [0.1, 0.15) is 13.3 Å². The Morgan fingerprint density at radius 3 is 2.62 bits per heavy atom. The van der Waals surface area contributed by atoms with Gasteiger partial charge in [0.2, 0.25) is 11.8 Å². The number of anilines is 3. The average Bonchev–Trinajstić information content (AvgIpc) is 3.36. The molecule has 0 saturated heterocycles. The molecule has 8 nitrogen and oxygen atoms in total. The van der Waals surface area contributed by atoms with Crippen LogP contribution >= 0.6 is 11.8 Å². The third-order valence-electron chi connectivity index (χ3n) is 5.35. The van der Waals surface area contributed by atoms with Gasteiger partial charge in [0.25, 0.3) is 0 Å². The fraction of sp³-hybridized carbons (Fsp3) is 0.143. The van der Waals surface area contributed by atoms with Crippen molar-refractivity contribution in [3.63, 3.8) is 0 Å². The number of amides is 2. The first-order chi connectivity index (χ1) is 18.1. The monoisotopic (exact) mass is 512 g/mol. The molecule has 37 heavy (non-hydrogen) atoms. The second-order valence-corrected chi connectivity index (χ2v) is 9.10. The van der Waals surface area contributed by atoms with E-state index in [0.717, 1.165) is 33.4 Å². The van der Waals surface area contributed by atoms with Gasteiger partial charge >= 0.3 is 0 Å². The summed E-state index contributed by atoms with van der Waals surface area (Å²) >= 11 is 1.56. The average molecular weight is 513 g/mol. The second kappa shape index (κ2) is 12.5. The maximum Gasteiger partial charge on any atom is 0.247 e. The van der Waals surface area contributed by atoms with Crippen LogP contribution in [0.4, 0.5) is 17.2 Å². The number of thioether (sulfide) groups is 1. The lowest BCUT2D eigenvalue weighted by molar-refractivity contribution is -0.120. The summed E-state index contributed by atoms with van der Waals surface area (Å²) in [5.41, 5.74) is 5.07. The molecule has 0 saturated carbocycles. The van der Waals surface area contributed by atoms with Gasteiger partial charge in [-0.25, -0.2) is 9.97 Å². The molecule has 2 heterocycles. The van der Waals surface area contributed by atoms with Crippen LogP contribution in [0.25, 0.3) is 22.5 Å². The number of rotatable bonds is 11. The van der Waals surface area contributed by atoms with Gasteiger partial charge < -0.3 is 20.9 Å². The highest BCUT2D eigenvalue weighted by atomic mass is 32.2. The number of carbonyl (C=O) groups is 2. The highest BCUT2D eigenvalue weighted by Crippen LogP contribution is 2.33. The van der Waals surface area contributed by atoms with Crippen molar-refractivity contribution in [1.29, 1.82) is 0 Å². The molecule has 0 radical (unpaired) electrons. The zero-order valence-corrected chi connectivity index (χ0v) is 21.3. The number of pyridine rings is 1. The van der Waals surface area contributed by atoms with Gasteiger partial charge in [-0.3, -0.25) is 9.59 Å². The first-order valence-electron chi connectivity index (χ1n) is 11.9. The van der Waals surface area contributed by atoms with Gasteiger partial charge in [-0.2, -0.15) is 0 Å². The maximum atomic E-state index is 11.6. The number of H-pyrrole nitrogens is 1. The third-order valence-corrected chi connectivity index (χ3v) is 6.22. The van der Waals surface area contributed by atoms with Crippen molar-refractivity contribution in [3.05, 3.63) is 85.6 Å². The zero-order chi connectivity index (χ0) is 26.0. The molecule has 188 valence electrons. The largest absolute Gasteiger partial charge is 0.355 e. The van der Waals surface area contributed by atoms with Crippen LogP contribution in [0.2, 0.25) is 0 Å². The van der Waals surface area contributed by atoms with Crippen molar-refractivity contribution in [3.8, 4) is 22.5 Å². The number of benzene rings is 2. The van der Waals surface area contributed by atoms with Gasteiger partial charge in [0, 0.05) is 47.4 Å². The highest BCUT2D eigenvalue weighted by Gasteiger charge is 2.15. The quantitative estimate of drug-likeness (QED) is 0.118. The van der Waals surface area contributed by atoms with E-state index in [2.05, 4.69) is 32.5 Å². The zero-order valence-electron chi connectivity index (χ0n) is 20.5. The predicted molar refractivity (Wildman–Crippen MR) is 150 cm³/mol. The van der Waals surface area contributed by atoms with E-state index >= 15 is 0 Å². The van der Waals surface area contributed by atoms with Crippen molar-refractivity contribution in [2.45, 2.75) is 18.5 Å². The van der Waals surface area contributed by atoms with Crippen LogP contribution in [0.5, 0.6) is 0 Å². The molecule has 0 spiro atoms. The minimum Gasteiger partial charge on any atom is -0.355 e. The normalized spacial score (nSPS) is 10.5. The smallest absolute Gasteiger partial charge is 0.247 e. The molecule has 0 aliphatic heterocycles. The number of imidazole rings is 1. The molecule has 0 bridgehead atoms. The standard InChI is InChI=1S/C28H28N6O2S/c1-3-24(35)30-15-16-37-28-33-26(19-9-6-5-7-10-19)27(34-28)20-13-14-29-23(17-20)31-21-11-8-12-22(18-21)32-25(36)4-2/h4-14,17-18H,2-3,15-16H2,1H3,(H,29,31)(H,30,35)(H,32,36)(H,33,34). The first-order valence-corrected chi connectivity index (χ1v) is 12.9. The molecule has 2 aromatic heterocycles. The summed E-state index contributed by atoms with van der Waals surface area (Å²) in [5, 5.41) is 9.72. The molecule has 9 heteroatoms. The summed E-state index contributed by atoms with van der Waals surface area (Å²) in [6.45, 7) is 5.89. The highest BCUT2D eigenvalue weighted by molar-refractivity contribution is 7.99. The van der Waals surface area contributed by atoms with Crippen LogP contribution < -0.4 is 16.0 Å². The van der Waals surface area contributed by atoms with Gasteiger partial charge in [0.15, 0.2) is 5.16 Å². The van der Waals surface area contributed by atoms with Gasteiger partial charge in [0.05, 0.1) is 11.4 Å². The Bertz CT molecular complexity index is 1390. The molecule has 0 fully saturated rings. The molecular formula is C28H28N6O2S. The van der Waals surface area contributed by atoms with Crippen LogP contribution in [0.3, 0.4) is 0 Å². The summed E-state index contributed by atoms with van der Waals surface area (Å²) in [6, 6.07) is 21.3. The Morgan fingerprint density at radius 2 is 1.84 bits per heavy atom. The van der Waals surface area contributed by atoms with Gasteiger partial charge in [-0.05, 0) is 36.4 Å². The van der Waals surface area contributed by atoms with Crippen molar-refractivity contribution < 1.29 is 9.59 Å². The number of carbonyl (C=O) groups excluding carboxylic acids is 2. The van der Waals surface area contributed by atoms with E-state index in [-0.39, 0.29) is 11.8 Å². The SMILES string of the molecule is C=CC(=O)Nc1cccc(Nc2cc(-c3nc(SCCNC(=O)CC)[nH]c3-c3ccccc3)ccn2)c1. The molecule has 4 aromatic rings. The number of hydrogen-bond acceptors (Lipinski definition) is 6. The molecule has 0 aliphatic carbocycles. The van der Waals surface area contributed by atoms with E-state index in [1.807, 2.05) is 67.6 Å². The van der Waals surface area contributed by atoms with E-state index in [4.69, 9.17) is 4.98 Å². The first kappa shape index (κ1) is 25.7. The Labute approximate surface area is 220 Å². The summed E-state index contributed by atoms with van der Waals surface area (Å²) < 4.78 is 0. The van der Waals surface area contributed by atoms with E-state index in [9.17, 15) is 9.59 Å². The maximum absolute atomic E-state index is 11.6. The number of nitrogens with zero attached hydrogens (tertiary/aromatic N) is 2. The van der Waals surface area contributed by atoms with Gasteiger partial charge in [-0.15, -0.1) is 0 Å². The Morgan fingerprint density at radius 1 is 1.03 bits per heavy atom. The van der Waals surface area contributed by atoms with Crippen LogP contribution in [0.15, 0.2) is 90.7 Å². The van der Waals surface area contributed by atoms with Crippen molar-refractivity contribution in [1.82, 2.24) is 20.3 Å². The number of nitrogens with one attached hydrogen (secondary N) is 4. The summed E-state index contributed by atoms with van der Waals surface area (Å²) in [6.07, 6.45) is 3.44. The van der Waals surface area contributed by atoms with Crippen LogP contribution in [-0.4, -0.2) is 39.1 Å². The molecule has 2 aromatic carbocycles. The number of hydrogen-bond donors (Lipinski definition) is 4. The summed E-state index contributed by atoms with van der Waals surface area (Å²) in [5.74, 6) is 1.11. The fourth-order valence-electron chi connectivity index (χ4n) is 3.57. The Balaban J connectivity index is 1.57. The van der Waals surface area contributed by atoms with E-state index in [0.29, 0.717) is 30.2 Å². The number of aromatic amines is 1. The van der Waals surface area contributed by atoms with E-state index < -0.39 is 0 Å². The van der Waals surface area contributed by atoms with E-state index in [1.165, 1.54) is 6.08 Å². The molecule has 0 aliphatic rings. The van der Waals surface area contributed by atoms with Crippen molar-refractivity contribution >= 4 is 40.8 Å². The minimum absolute atomic E-state index is 0.0381.